The molecule has 0 spiro atoms. The standard InChI is InChI=1S/C15H22N2O3/c1-15(2,3)20-14(19)17(4)10-6-8-13(18)12-7-5-9-16-11-12/h5,7,9,11H,6,8,10H2,1-4H3. The van der Waals surface area contributed by atoms with Gasteiger partial charge in [-0.25, -0.2) is 4.79 Å². The molecule has 0 unspecified atom stereocenters. The number of ketones is 1. The predicted octanol–water partition coefficient (Wildman–Crippen LogP) is 2.91. The Balaban J connectivity index is 2.34. The van der Waals surface area contributed by atoms with Gasteiger partial charge in [0.15, 0.2) is 5.78 Å². The average Bonchev–Trinajstić information content (AvgIpc) is 2.37. The van der Waals surface area contributed by atoms with E-state index in [-0.39, 0.29) is 11.9 Å². The molecule has 0 aliphatic rings. The smallest absolute Gasteiger partial charge is 0.410 e. The lowest BCUT2D eigenvalue weighted by molar-refractivity contribution is 0.0295. The van der Waals surface area contributed by atoms with Crippen LogP contribution in [0.25, 0.3) is 0 Å². The molecule has 0 radical (unpaired) electrons. The lowest BCUT2D eigenvalue weighted by Gasteiger charge is -2.24. The van der Waals surface area contributed by atoms with Gasteiger partial charge in [0.05, 0.1) is 0 Å². The number of pyridine rings is 1. The first-order valence-corrected chi connectivity index (χ1v) is 6.67. The number of amides is 1. The van der Waals surface area contributed by atoms with Gasteiger partial charge in [0.1, 0.15) is 5.60 Å². The van der Waals surface area contributed by atoms with Crippen molar-refractivity contribution in [3.8, 4) is 0 Å². The van der Waals surface area contributed by atoms with Crippen LogP contribution < -0.4 is 0 Å². The number of rotatable bonds is 5. The van der Waals surface area contributed by atoms with Crippen LogP contribution in [0, 0.1) is 0 Å². The number of hydrogen-bond acceptors (Lipinski definition) is 4. The van der Waals surface area contributed by atoms with Crippen molar-refractivity contribution in [1.82, 2.24) is 9.88 Å². The van der Waals surface area contributed by atoms with Crippen LogP contribution in [0.5, 0.6) is 0 Å². The molecule has 0 saturated heterocycles. The van der Waals surface area contributed by atoms with E-state index in [0.717, 1.165) is 0 Å². The Morgan fingerprint density at radius 2 is 2.05 bits per heavy atom. The second kappa shape index (κ2) is 7.03. The summed E-state index contributed by atoms with van der Waals surface area (Å²) >= 11 is 0. The third-order valence-corrected chi connectivity index (χ3v) is 2.59. The van der Waals surface area contributed by atoms with Crippen LogP contribution >= 0.6 is 0 Å². The molecule has 20 heavy (non-hydrogen) atoms. The minimum Gasteiger partial charge on any atom is -0.444 e. The van der Waals surface area contributed by atoms with E-state index < -0.39 is 5.60 Å². The quantitative estimate of drug-likeness (QED) is 0.777. The summed E-state index contributed by atoms with van der Waals surface area (Å²) < 4.78 is 5.23. The summed E-state index contributed by atoms with van der Waals surface area (Å²) in [6.45, 7) is 5.96. The maximum absolute atomic E-state index is 11.9. The molecule has 1 aromatic rings. The molecule has 0 bridgehead atoms. The number of Topliss-reactive ketones (excluding diaryl/α,β-unsaturated/α-hetero) is 1. The highest BCUT2D eigenvalue weighted by atomic mass is 16.6. The molecule has 0 saturated carbocycles. The molecule has 110 valence electrons. The zero-order valence-corrected chi connectivity index (χ0v) is 12.5. The Kier molecular flexibility index (Phi) is 5.67. The van der Waals surface area contributed by atoms with Crippen molar-refractivity contribution in [2.24, 2.45) is 0 Å². The zero-order valence-electron chi connectivity index (χ0n) is 12.5. The van der Waals surface area contributed by atoms with E-state index in [4.69, 9.17) is 4.74 Å². The number of nitrogens with zero attached hydrogens (tertiary/aromatic N) is 2. The highest BCUT2D eigenvalue weighted by Gasteiger charge is 2.19. The molecule has 0 atom stereocenters. The first-order valence-electron chi connectivity index (χ1n) is 6.67. The van der Waals surface area contributed by atoms with Gasteiger partial charge in [0.25, 0.3) is 0 Å². The fourth-order valence-electron chi connectivity index (χ4n) is 1.58. The first kappa shape index (κ1) is 16.1. The largest absolute Gasteiger partial charge is 0.444 e. The van der Waals surface area contributed by atoms with Gasteiger partial charge in [-0.3, -0.25) is 9.78 Å². The second-order valence-corrected chi connectivity index (χ2v) is 5.67. The van der Waals surface area contributed by atoms with Crippen molar-refractivity contribution in [2.45, 2.75) is 39.2 Å². The Morgan fingerprint density at radius 3 is 2.60 bits per heavy atom. The number of hydrogen-bond donors (Lipinski definition) is 0. The van der Waals surface area contributed by atoms with E-state index in [1.54, 1.807) is 31.6 Å². The highest BCUT2D eigenvalue weighted by molar-refractivity contribution is 5.95. The van der Waals surface area contributed by atoms with E-state index in [1.807, 2.05) is 20.8 Å². The highest BCUT2D eigenvalue weighted by Crippen LogP contribution is 2.10. The van der Waals surface area contributed by atoms with E-state index in [0.29, 0.717) is 24.9 Å². The molecule has 1 amide bonds. The monoisotopic (exact) mass is 278 g/mol. The SMILES string of the molecule is CN(CCCC(=O)c1cccnc1)C(=O)OC(C)(C)C. The minimum absolute atomic E-state index is 0.0377. The number of carbonyl (C=O) groups excluding carboxylic acids is 2. The van der Waals surface area contributed by atoms with Crippen molar-refractivity contribution in [3.05, 3.63) is 30.1 Å². The van der Waals surface area contributed by atoms with Crippen molar-refractivity contribution in [1.29, 1.82) is 0 Å². The Labute approximate surface area is 119 Å². The van der Waals surface area contributed by atoms with Gasteiger partial charge in [0.2, 0.25) is 0 Å². The molecule has 5 nitrogen and oxygen atoms in total. The third-order valence-electron chi connectivity index (χ3n) is 2.59. The molecular weight excluding hydrogens is 256 g/mol. The summed E-state index contributed by atoms with van der Waals surface area (Å²) in [4.78, 5) is 29.0. The molecule has 1 heterocycles. The van der Waals surface area contributed by atoms with Crippen LogP contribution in [-0.4, -0.2) is 41.0 Å². The Morgan fingerprint density at radius 1 is 1.35 bits per heavy atom. The molecular formula is C15H22N2O3. The molecule has 0 aromatic carbocycles. The molecule has 1 aromatic heterocycles. The third kappa shape index (κ3) is 5.82. The zero-order chi connectivity index (χ0) is 15.2. The summed E-state index contributed by atoms with van der Waals surface area (Å²) in [6.07, 6.45) is 3.81. The van der Waals surface area contributed by atoms with Crippen molar-refractivity contribution in [3.63, 3.8) is 0 Å². The maximum Gasteiger partial charge on any atom is 0.410 e. The van der Waals surface area contributed by atoms with Crippen molar-refractivity contribution < 1.29 is 14.3 Å². The van der Waals surface area contributed by atoms with Crippen LogP contribution in [0.15, 0.2) is 24.5 Å². The predicted molar refractivity (Wildman–Crippen MR) is 76.7 cm³/mol. The van der Waals surface area contributed by atoms with E-state index in [1.165, 1.54) is 4.90 Å². The molecule has 1 rings (SSSR count). The van der Waals surface area contributed by atoms with Crippen molar-refractivity contribution in [2.75, 3.05) is 13.6 Å². The van der Waals surface area contributed by atoms with Gasteiger partial charge in [-0.15, -0.1) is 0 Å². The normalized spacial score (nSPS) is 11.0. The van der Waals surface area contributed by atoms with Gasteiger partial charge in [0, 0.05) is 38.0 Å². The summed E-state index contributed by atoms with van der Waals surface area (Å²) in [5.74, 6) is 0.0377. The van der Waals surface area contributed by atoms with Gasteiger partial charge in [-0.2, -0.15) is 0 Å². The number of ether oxygens (including phenoxy) is 1. The van der Waals surface area contributed by atoms with E-state index in [9.17, 15) is 9.59 Å². The van der Waals surface area contributed by atoms with Gasteiger partial charge < -0.3 is 9.64 Å². The number of aromatic nitrogens is 1. The van der Waals surface area contributed by atoms with Gasteiger partial charge >= 0.3 is 6.09 Å². The fraction of sp³-hybridized carbons (Fsp3) is 0.533. The first-order chi connectivity index (χ1) is 9.29. The van der Waals surface area contributed by atoms with Crippen LogP contribution in [0.1, 0.15) is 44.0 Å². The van der Waals surface area contributed by atoms with Crippen LogP contribution in [0.3, 0.4) is 0 Å². The maximum atomic E-state index is 11.9. The van der Waals surface area contributed by atoms with Gasteiger partial charge in [-0.1, -0.05) is 0 Å². The lowest BCUT2D eigenvalue weighted by atomic mass is 10.1. The summed E-state index contributed by atoms with van der Waals surface area (Å²) in [6, 6.07) is 3.48. The topological polar surface area (TPSA) is 59.5 Å². The fourth-order valence-corrected chi connectivity index (χ4v) is 1.58. The second-order valence-electron chi connectivity index (χ2n) is 5.67. The molecule has 0 aliphatic carbocycles. The Hall–Kier alpha value is -1.91. The summed E-state index contributed by atoms with van der Waals surface area (Å²) in [5, 5.41) is 0. The van der Waals surface area contributed by atoms with Crippen molar-refractivity contribution >= 4 is 11.9 Å². The van der Waals surface area contributed by atoms with E-state index >= 15 is 0 Å². The molecule has 0 fully saturated rings. The van der Waals surface area contributed by atoms with Crippen LogP contribution in [0.2, 0.25) is 0 Å². The minimum atomic E-state index is -0.503. The van der Waals surface area contributed by atoms with Crippen LogP contribution in [-0.2, 0) is 4.74 Å². The Bertz CT molecular complexity index is 452. The number of carbonyl (C=O) groups is 2. The lowest BCUT2D eigenvalue weighted by Crippen LogP contribution is -2.34. The van der Waals surface area contributed by atoms with Crippen LogP contribution in [0.4, 0.5) is 4.79 Å². The molecule has 0 N–H and O–H groups in total. The van der Waals surface area contributed by atoms with E-state index in [2.05, 4.69) is 4.98 Å². The molecule has 0 aliphatic heterocycles. The summed E-state index contributed by atoms with van der Waals surface area (Å²) in [5.41, 5.74) is 0.101. The van der Waals surface area contributed by atoms with Gasteiger partial charge in [-0.05, 0) is 39.3 Å². The molecule has 5 heteroatoms. The summed E-state index contributed by atoms with van der Waals surface area (Å²) in [7, 11) is 1.67. The average molecular weight is 278 g/mol.